The van der Waals surface area contributed by atoms with Gasteiger partial charge in [-0.15, -0.1) is 0 Å². The molecule has 2 N–H and O–H groups in total. The fourth-order valence-electron chi connectivity index (χ4n) is 3.39. The summed E-state index contributed by atoms with van der Waals surface area (Å²) in [6, 6.07) is 11.4. The molecule has 3 unspecified atom stereocenters. The van der Waals surface area contributed by atoms with Gasteiger partial charge in [0.2, 0.25) is 0 Å². The third-order valence-electron chi connectivity index (χ3n) is 4.63. The first-order chi connectivity index (χ1) is 9.33. The summed E-state index contributed by atoms with van der Waals surface area (Å²) in [5.74, 6) is 1.49. The SMILES string of the molecule is OC1CCCC(CNC(c2ccccc2)C2CC2)C1. The van der Waals surface area contributed by atoms with Crippen molar-refractivity contribution in [2.24, 2.45) is 11.8 Å². The first kappa shape index (κ1) is 13.1. The van der Waals surface area contributed by atoms with Crippen LogP contribution in [-0.4, -0.2) is 17.8 Å². The Morgan fingerprint density at radius 3 is 2.58 bits per heavy atom. The largest absolute Gasteiger partial charge is 0.393 e. The minimum absolute atomic E-state index is 0.0587. The molecule has 2 nitrogen and oxygen atoms in total. The fraction of sp³-hybridized carbons (Fsp3) is 0.647. The van der Waals surface area contributed by atoms with E-state index in [-0.39, 0.29) is 6.10 Å². The van der Waals surface area contributed by atoms with E-state index in [4.69, 9.17) is 0 Å². The van der Waals surface area contributed by atoms with Crippen molar-refractivity contribution in [3.05, 3.63) is 35.9 Å². The van der Waals surface area contributed by atoms with Crippen LogP contribution in [0.3, 0.4) is 0 Å². The molecule has 2 heteroatoms. The van der Waals surface area contributed by atoms with Crippen LogP contribution in [0.2, 0.25) is 0 Å². The third kappa shape index (κ3) is 3.58. The second-order valence-corrected chi connectivity index (χ2v) is 6.32. The monoisotopic (exact) mass is 259 g/mol. The van der Waals surface area contributed by atoms with Gasteiger partial charge in [0.05, 0.1) is 6.10 Å². The highest BCUT2D eigenvalue weighted by molar-refractivity contribution is 5.21. The molecule has 0 saturated heterocycles. The zero-order chi connectivity index (χ0) is 13.1. The third-order valence-corrected chi connectivity index (χ3v) is 4.63. The summed E-state index contributed by atoms with van der Waals surface area (Å²) in [5.41, 5.74) is 1.43. The van der Waals surface area contributed by atoms with Gasteiger partial charge in [-0.05, 0) is 56.0 Å². The Morgan fingerprint density at radius 1 is 1.11 bits per heavy atom. The van der Waals surface area contributed by atoms with Gasteiger partial charge in [0, 0.05) is 6.04 Å². The number of benzene rings is 1. The Hall–Kier alpha value is -0.860. The lowest BCUT2D eigenvalue weighted by molar-refractivity contribution is 0.0993. The van der Waals surface area contributed by atoms with Gasteiger partial charge < -0.3 is 10.4 Å². The maximum Gasteiger partial charge on any atom is 0.0543 e. The molecular formula is C17H25NO. The van der Waals surface area contributed by atoms with Crippen molar-refractivity contribution in [2.75, 3.05) is 6.54 Å². The fourth-order valence-corrected chi connectivity index (χ4v) is 3.39. The molecule has 19 heavy (non-hydrogen) atoms. The average molecular weight is 259 g/mol. The summed E-state index contributed by atoms with van der Waals surface area (Å²) in [6.45, 7) is 1.06. The molecule has 1 aromatic rings. The Morgan fingerprint density at radius 2 is 1.89 bits per heavy atom. The summed E-state index contributed by atoms with van der Waals surface area (Å²) in [5, 5.41) is 13.5. The van der Waals surface area contributed by atoms with Crippen LogP contribution < -0.4 is 5.32 Å². The molecule has 0 aliphatic heterocycles. The first-order valence-corrected chi connectivity index (χ1v) is 7.79. The summed E-state index contributed by atoms with van der Waals surface area (Å²) >= 11 is 0. The molecule has 0 spiro atoms. The van der Waals surface area contributed by atoms with E-state index in [0.717, 1.165) is 25.3 Å². The van der Waals surface area contributed by atoms with E-state index in [9.17, 15) is 5.11 Å². The molecule has 3 atom stereocenters. The number of rotatable bonds is 5. The van der Waals surface area contributed by atoms with E-state index in [1.807, 2.05) is 0 Å². The molecule has 0 radical (unpaired) electrons. The molecule has 104 valence electrons. The van der Waals surface area contributed by atoms with Crippen LogP contribution in [0.4, 0.5) is 0 Å². The lowest BCUT2D eigenvalue weighted by Crippen LogP contribution is -2.32. The molecule has 2 aliphatic carbocycles. The molecule has 0 heterocycles. The van der Waals surface area contributed by atoms with Crippen molar-refractivity contribution < 1.29 is 5.11 Å². The lowest BCUT2D eigenvalue weighted by atomic mass is 9.87. The van der Waals surface area contributed by atoms with Gasteiger partial charge in [-0.1, -0.05) is 36.8 Å². The van der Waals surface area contributed by atoms with Gasteiger partial charge in [-0.3, -0.25) is 0 Å². The van der Waals surface area contributed by atoms with E-state index in [2.05, 4.69) is 35.6 Å². The highest BCUT2D eigenvalue weighted by Crippen LogP contribution is 2.41. The summed E-state index contributed by atoms with van der Waals surface area (Å²) < 4.78 is 0. The van der Waals surface area contributed by atoms with E-state index in [1.54, 1.807) is 0 Å². The van der Waals surface area contributed by atoms with Crippen molar-refractivity contribution in [3.63, 3.8) is 0 Å². The topological polar surface area (TPSA) is 32.3 Å². The molecule has 2 saturated carbocycles. The van der Waals surface area contributed by atoms with Crippen LogP contribution >= 0.6 is 0 Å². The Labute approximate surface area is 116 Å². The number of aliphatic hydroxyl groups excluding tert-OH is 1. The van der Waals surface area contributed by atoms with Crippen molar-refractivity contribution in [3.8, 4) is 0 Å². The average Bonchev–Trinajstić information content (AvgIpc) is 3.25. The zero-order valence-corrected chi connectivity index (χ0v) is 11.6. The smallest absolute Gasteiger partial charge is 0.0543 e. The van der Waals surface area contributed by atoms with Gasteiger partial charge >= 0.3 is 0 Å². The number of nitrogens with one attached hydrogen (secondary N) is 1. The molecule has 0 aromatic heterocycles. The van der Waals surface area contributed by atoms with Crippen molar-refractivity contribution >= 4 is 0 Å². The molecule has 0 amide bonds. The molecule has 3 rings (SSSR count). The predicted octanol–water partition coefficient (Wildman–Crippen LogP) is 3.28. The van der Waals surface area contributed by atoms with Crippen molar-refractivity contribution in [1.82, 2.24) is 5.32 Å². The lowest BCUT2D eigenvalue weighted by Gasteiger charge is -2.28. The van der Waals surface area contributed by atoms with Crippen LogP contribution in [-0.2, 0) is 0 Å². The van der Waals surface area contributed by atoms with Crippen LogP contribution in [0.25, 0.3) is 0 Å². The number of aliphatic hydroxyl groups is 1. The quantitative estimate of drug-likeness (QED) is 0.850. The second-order valence-electron chi connectivity index (χ2n) is 6.32. The predicted molar refractivity (Wildman–Crippen MR) is 77.9 cm³/mol. The number of hydrogen-bond donors (Lipinski definition) is 2. The minimum Gasteiger partial charge on any atom is -0.393 e. The molecule has 1 aromatic carbocycles. The summed E-state index contributed by atoms with van der Waals surface area (Å²) in [4.78, 5) is 0. The molecular weight excluding hydrogens is 234 g/mol. The number of hydrogen-bond acceptors (Lipinski definition) is 2. The van der Waals surface area contributed by atoms with Gasteiger partial charge in [0.15, 0.2) is 0 Å². The second kappa shape index (κ2) is 6.06. The van der Waals surface area contributed by atoms with Crippen LogP contribution in [0.15, 0.2) is 30.3 Å². The van der Waals surface area contributed by atoms with E-state index in [0.29, 0.717) is 12.0 Å². The summed E-state index contributed by atoms with van der Waals surface area (Å²) in [6.07, 6.45) is 7.11. The highest BCUT2D eigenvalue weighted by atomic mass is 16.3. The summed E-state index contributed by atoms with van der Waals surface area (Å²) in [7, 11) is 0. The van der Waals surface area contributed by atoms with Crippen LogP contribution in [0, 0.1) is 11.8 Å². The normalized spacial score (nSPS) is 29.1. The van der Waals surface area contributed by atoms with Gasteiger partial charge in [-0.2, -0.15) is 0 Å². The van der Waals surface area contributed by atoms with E-state index in [1.165, 1.54) is 31.2 Å². The van der Waals surface area contributed by atoms with E-state index >= 15 is 0 Å². The van der Waals surface area contributed by atoms with Gasteiger partial charge in [0.25, 0.3) is 0 Å². The van der Waals surface area contributed by atoms with Gasteiger partial charge in [0.1, 0.15) is 0 Å². The molecule has 2 aliphatic rings. The Balaban J connectivity index is 1.57. The standard InChI is InChI=1S/C17H25NO/c19-16-8-4-5-13(11-16)12-18-17(15-9-10-15)14-6-2-1-3-7-14/h1-3,6-7,13,15-19H,4-5,8-12H2. The highest BCUT2D eigenvalue weighted by Gasteiger charge is 2.32. The first-order valence-electron chi connectivity index (χ1n) is 7.79. The Bertz CT molecular complexity index is 388. The zero-order valence-electron chi connectivity index (χ0n) is 11.6. The Kier molecular flexibility index (Phi) is 4.19. The maximum atomic E-state index is 9.76. The van der Waals surface area contributed by atoms with Gasteiger partial charge in [-0.25, -0.2) is 0 Å². The van der Waals surface area contributed by atoms with Crippen LogP contribution in [0.1, 0.15) is 50.1 Å². The minimum atomic E-state index is -0.0587. The van der Waals surface area contributed by atoms with E-state index < -0.39 is 0 Å². The molecule has 0 bridgehead atoms. The van der Waals surface area contributed by atoms with Crippen LogP contribution in [0.5, 0.6) is 0 Å². The molecule has 2 fully saturated rings. The van der Waals surface area contributed by atoms with Crippen molar-refractivity contribution in [2.45, 2.75) is 50.7 Å². The van der Waals surface area contributed by atoms with Crippen molar-refractivity contribution in [1.29, 1.82) is 0 Å². The maximum absolute atomic E-state index is 9.76.